The Balaban J connectivity index is 1.13. The molecule has 4 amide bonds. The number of amides is 4. The number of aromatic amines is 2. The van der Waals surface area contributed by atoms with Gasteiger partial charge in [-0.2, -0.15) is 0 Å². The van der Waals surface area contributed by atoms with Crippen LogP contribution in [-0.4, -0.2) is 103 Å². The number of benzene rings is 2. The van der Waals surface area contributed by atoms with E-state index in [0.717, 1.165) is 34.3 Å². The fraction of sp³-hybridized carbons (Fsp3) is 0.436. The van der Waals surface area contributed by atoms with E-state index >= 15 is 0 Å². The van der Waals surface area contributed by atoms with Crippen LogP contribution < -0.4 is 10.6 Å². The molecule has 0 saturated carbocycles. The van der Waals surface area contributed by atoms with Crippen LogP contribution in [0.4, 0.5) is 27.2 Å². The molecule has 0 aliphatic carbocycles. The first-order chi connectivity index (χ1) is 27.1. The molecule has 0 bridgehead atoms. The number of hydrogen-bond acceptors (Lipinski definition) is 7. The summed E-state index contributed by atoms with van der Waals surface area (Å²) in [5, 5.41) is 13.6. The van der Waals surface area contributed by atoms with Crippen molar-refractivity contribution in [1.82, 2.24) is 40.4 Å². The van der Waals surface area contributed by atoms with E-state index in [4.69, 9.17) is 0 Å². The standard InChI is InChI=1S/C39H44F4N8O6/c1-20(2)30(48-37(54)55)35(52)51-19-39(42,43)16-29(51)34-45-18-27(47-34)25-13-9-23(10-14-25)22-7-11-24(12-8-22)26-17-44-33(46-26)28-6-5-15-50(28)36(53)31(21(3)32(40)41)49-38(56)57-4/h7-14,17-18,20-21,28-32,48H,5-6,15-16,19H2,1-4H3,(H,44,46)(H,45,47)(H,49,56)(H,54,55)/t21?,28?,29-,30-,31-/m0/s1. The smallest absolute Gasteiger partial charge is 0.407 e. The van der Waals surface area contributed by atoms with Crippen LogP contribution in [0.2, 0.25) is 0 Å². The lowest BCUT2D eigenvalue weighted by Gasteiger charge is -2.30. The molecule has 2 aromatic carbocycles. The van der Waals surface area contributed by atoms with E-state index in [0.29, 0.717) is 36.6 Å². The minimum absolute atomic E-state index is 0.170. The second-order valence-electron chi connectivity index (χ2n) is 14.7. The fourth-order valence-corrected chi connectivity index (χ4v) is 7.35. The third-order valence-corrected chi connectivity index (χ3v) is 10.5. The maximum atomic E-state index is 14.7. The number of nitrogens with one attached hydrogen (secondary N) is 4. The van der Waals surface area contributed by atoms with Gasteiger partial charge >= 0.3 is 12.2 Å². The van der Waals surface area contributed by atoms with Gasteiger partial charge in [0.25, 0.3) is 5.92 Å². The van der Waals surface area contributed by atoms with Gasteiger partial charge < -0.3 is 40.2 Å². The monoisotopic (exact) mass is 796 g/mol. The highest BCUT2D eigenvalue weighted by molar-refractivity contribution is 5.87. The molecular weight excluding hydrogens is 752 g/mol. The number of H-pyrrole nitrogens is 2. The van der Waals surface area contributed by atoms with E-state index in [2.05, 4.69) is 35.3 Å². The first kappa shape index (κ1) is 40.7. The first-order valence-electron chi connectivity index (χ1n) is 18.5. The van der Waals surface area contributed by atoms with Crippen molar-refractivity contribution in [2.24, 2.45) is 11.8 Å². The maximum Gasteiger partial charge on any atom is 0.407 e. The van der Waals surface area contributed by atoms with Crippen molar-refractivity contribution in [3.8, 4) is 33.6 Å². The molecule has 0 spiro atoms. The molecule has 2 fully saturated rings. The van der Waals surface area contributed by atoms with Crippen LogP contribution >= 0.6 is 0 Å². The number of methoxy groups -OCH3 is 1. The third kappa shape index (κ3) is 8.89. The van der Waals surface area contributed by atoms with Crippen molar-refractivity contribution in [1.29, 1.82) is 0 Å². The minimum atomic E-state index is -3.18. The van der Waals surface area contributed by atoms with Crippen molar-refractivity contribution < 1.29 is 46.6 Å². The van der Waals surface area contributed by atoms with E-state index < -0.39 is 85.3 Å². The predicted molar refractivity (Wildman–Crippen MR) is 199 cm³/mol. The van der Waals surface area contributed by atoms with E-state index in [1.165, 1.54) is 18.0 Å². The van der Waals surface area contributed by atoms with E-state index in [-0.39, 0.29) is 5.82 Å². The highest BCUT2D eigenvalue weighted by Gasteiger charge is 2.50. The van der Waals surface area contributed by atoms with Crippen molar-refractivity contribution in [3.05, 3.63) is 72.6 Å². The molecule has 57 heavy (non-hydrogen) atoms. The van der Waals surface area contributed by atoms with E-state index in [1.807, 2.05) is 48.5 Å². The molecule has 2 unspecified atom stereocenters. The van der Waals surface area contributed by atoms with Crippen molar-refractivity contribution in [3.63, 3.8) is 0 Å². The Labute approximate surface area is 325 Å². The first-order valence-corrected chi connectivity index (χ1v) is 18.5. The summed E-state index contributed by atoms with van der Waals surface area (Å²) < 4.78 is 61.2. The molecule has 2 aliphatic rings. The lowest BCUT2D eigenvalue weighted by atomic mass is 10.0. The summed E-state index contributed by atoms with van der Waals surface area (Å²) in [4.78, 5) is 67.6. The molecule has 6 rings (SSSR count). The Morgan fingerprint density at radius 1 is 0.807 bits per heavy atom. The molecule has 4 heterocycles. The van der Waals surface area contributed by atoms with Gasteiger partial charge in [0.15, 0.2) is 0 Å². The van der Waals surface area contributed by atoms with Gasteiger partial charge in [-0.15, -0.1) is 0 Å². The van der Waals surface area contributed by atoms with Gasteiger partial charge in [0.2, 0.25) is 18.2 Å². The normalized spacial score (nSPS) is 19.4. The predicted octanol–water partition coefficient (Wildman–Crippen LogP) is 6.62. The van der Waals surface area contributed by atoms with E-state index in [9.17, 15) is 41.8 Å². The van der Waals surface area contributed by atoms with Gasteiger partial charge in [0.05, 0.1) is 49.5 Å². The topological polar surface area (TPSA) is 186 Å². The summed E-state index contributed by atoms with van der Waals surface area (Å²) in [5.41, 5.74) is 4.57. The number of carbonyl (C=O) groups is 4. The molecule has 14 nitrogen and oxygen atoms in total. The molecule has 5 atom stereocenters. The minimum Gasteiger partial charge on any atom is -0.465 e. The molecular formula is C39H44F4N8O6. The van der Waals surface area contributed by atoms with Crippen LogP contribution in [-0.2, 0) is 14.3 Å². The second kappa shape index (κ2) is 16.7. The number of aromatic nitrogens is 4. The number of nitrogens with zero attached hydrogens (tertiary/aromatic N) is 4. The Hall–Kier alpha value is -5.94. The average molecular weight is 797 g/mol. The van der Waals surface area contributed by atoms with Crippen molar-refractivity contribution in [2.75, 3.05) is 20.2 Å². The van der Waals surface area contributed by atoms with Crippen molar-refractivity contribution >= 4 is 24.0 Å². The molecule has 5 N–H and O–H groups in total. The second-order valence-corrected chi connectivity index (χ2v) is 14.7. The number of ether oxygens (including phenoxy) is 1. The largest absolute Gasteiger partial charge is 0.465 e. The Morgan fingerprint density at radius 3 is 1.81 bits per heavy atom. The lowest BCUT2D eigenvalue weighted by molar-refractivity contribution is -0.137. The number of alkyl carbamates (subject to hydrolysis) is 1. The van der Waals surface area contributed by atoms with Gasteiger partial charge in [-0.1, -0.05) is 69.3 Å². The van der Waals surface area contributed by atoms with Crippen LogP contribution in [0.3, 0.4) is 0 Å². The summed E-state index contributed by atoms with van der Waals surface area (Å²) in [6, 6.07) is 10.9. The number of carbonyl (C=O) groups excluding carboxylic acids is 3. The fourth-order valence-electron chi connectivity index (χ4n) is 7.35. The number of rotatable bonds is 12. The van der Waals surface area contributed by atoms with E-state index in [1.54, 1.807) is 20.0 Å². The van der Waals surface area contributed by atoms with Crippen LogP contribution in [0.15, 0.2) is 60.9 Å². The molecule has 2 aliphatic heterocycles. The lowest BCUT2D eigenvalue weighted by Crippen LogP contribution is -2.53. The number of alkyl halides is 4. The van der Waals surface area contributed by atoms with Gasteiger partial charge in [0, 0.05) is 18.9 Å². The zero-order valence-electron chi connectivity index (χ0n) is 31.6. The van der Waals surface area contributed by atoms with Crippen molar-refractivity contribution in [2.45, 2.75) is 76.5 Å². The molecule has 2 aromatic heterocycles. The number of imidazole rings is 2. The summed E-state index contributed by atoms with van der Waals surface area (Å²) in [7, 11) is 1.09. The van der Waals surface area contributed by atoms with Crippen LogP contribution in [0, 0.1) is 11.8 Å². The van der Waals surface area contributed by atoms with Gasteiger partial charge in [-0.25, -0.2) is 37.1 Å². The zero-order chi connectivity index (χ0) is 41.2. The molecule has 2 saturated heterocycles. The number of hydrogen-bond donors (Lipinski definition) is 5. The van der Waals surface area contributed by atoms with Gasteiger partial charge in [-0.05, 0) is 41.0 Å². The average Bonchev–Trinajstić information content (AvgIpc) is 4.01. The molecule has 304 valence electrons. The Morgan fingerprint density at radius 2 is 1.32 bits per heavy atom. The SMILES string of the molecule is COC(=O)N[C@H](C(=O)N1CCCC1c1ncc(-c2ccc(-c3ccc(-c4cnc([C@@H]5CC(F)(F)CN5C(=O)[C@@H](NC(=O)O)C(C)C)[nH]4)cc3)cc2)[nH]1)C(C)C(F)F. The maximum absolute atomic E-state index is 14.7. The highest BCUT2D eigenvalue weighted by Crippen LogP contribution is 2.41. The van der Waals surface area contributed by atoms with Crippen LogP contribution in [0.5, 0.6) is 0 Å². The number of carboxylic acid groups (broad SMARTS) is 1. The summed E-state index contributed by atoms with van der Waals surface area (Å²) in [6.45, 7) is 3.93. The summed E-state index contributed by atoms with van der Waals surface area (Å²) >= 11 is 0. The molecule has 4 aromatic rings. The third-order valence-electron chi connectivity index (χ3n) is 10.5. The Bertz CT molecular complexity index is 2070. The summed E-state index contributed by atoms with van der Waals surface area (Å²) in [6.07, 6.45) is -1.57. The number of halogens is 4. The molecule has 0 radical (unpaired) electrons. The zero-order valence-corrected chi connectivity index (χ0v) is 31.6. The number of likely N-dealkylation sites (tertiary alicyclic amines) is 2. The van der Waals surface area contributed by atoms with Gasteiger partial charge in [-0.3, -0.25) is 9.59 Å². The quantitative estimate of drug-likeness (QED) is 0.0990. The van der Waals surface area contributed by atoms with Gasteiger partial charge in [0.1, 0.15) is 23.7 Å². The highest BCUT2D eigenvalue weighted by atomic mass is 19.3. The van der Waals surface area contributed by atoms with Crippen LogP contribution in [0.1, 0.15) is 63.8 Å². The molecule has 18 heteroatoms. The summed E-state index contributed by atoms with van der Waals surface area (Å²) in [5.74, 6) is -5.81. The Kier molecular flexibility index (Phi) is 11.9. The van der Waals surface area contributed by atoms with Crippen LogP contribution in [0.25, 0.3) is 33.6 Å².